The van der Waals surface area contributed by atoms with Crippen LogP contribution < -0.4 is 15.0 Å². The number of H-pyrrole nitrogens is 1. The maximum atomic E-state index is 12.4. The molecule has 2 aromatic carbocycles. The number of aromatic nitrogens is 2. The van der Waals surface area contributed by atoms with Crippen LogP contribution >= 0.6 is 11.8 Å². The van der Waals surface area contributed by atoms with Crippen LogP contribution in [0.5, 0.6) is 11.5 Å². The predicted octanol–water partition coefficient (Wildman–Crippen LogP) is 2.67. The van der Waals surface area contributed by atoms with Crippen LogP contribution in [0.25, 0.3) is 10.9 Å². The number of benzene rings is 2. The highest BCUT2D eigenvalue weighted by Gasteiger charge is 2.15. The average molecular weight is 354 g/mol. The fourth-order valence-electron chi connectivity index (χ4n) is 2.57. The Labute approximate surface area is 147 Å². The molecule has 0 radical (unpaired) electrons. The van der Waals surface area contributed by atoms with Gasteiger partial charge in [-0.3, -0.25) is 9.59 Å². The number of thioether (sulfide) groups is 1. The molecule has 3 aromatic rings. The van der Waals surface area contributed by atoms with Gasteiger partial charge in [-0.05, 0) is 30.3 Å². The standard InChI is InChI=1S/C18H14N2O4S/c21-14(11-5-6-15-16(9-11)24-8-7-23-15)10-25-18-19-13-4-2-1-3-12(13)17(22)20-18/h1-6,9H,7-8,10H2,(H,19,20,22). The molecule has 25 heavy (non-hydrogen) atoms. The molecule has 1 aliphatic rings. The van der Waals surface area contributed by atoms with E-state index in [0.29, 0.717) is 46.3 Å². The van der Waals surface area contributed by atoms with Crippen molar-refractivity contribution in [2.24, 2.45) is 0 Å². The van der Waals surface area contributed by atoms with E-state index in [2.05, 4.69) is 9.97 Å². The Morgan fingerprint density at radius 3 is 2.80 bits per heavy atom. The highest BCUT2D eigenvalue weighted by atomic mass is 32.2. The summed E-state index contributed by atoms with van der Waals surface area (Å²) in [5.41, 5.74) is 0.945. The summed E-state index contributed by atoms with van der Waals surface area (Å²) in [6.45, 7) is 0.985. The van der Waals surface area contributed by atoms with Gasteiger partial charge >= 0.3 is 0 Å². The number of ether oxygens (including phenoxy) is 2. The smallest absolute Gasteiger partial charge is 0.259 e. The van der Waals surface area contributed by atoms with Gasteiger partial charge in [-0.1, -0.05) is 23.9 Å². The van der Waals surface area contributed by atoms with E-state index in [1.165, 1.54) is 11.8 Å². The minimum atomic E-state index is -0.208. The minimum absolute atomic E-state index is 0.0715. The molecule has 2 heterocycles. The van der Waals surface area contributed by atoms with Gasteiger partial charge in [-0.25, -0.2) is 4.98 Å². The first-order valence-electron chi connectivity index (χ1n) is 7.75. The third-order valence-electron chi connectivity index (χ3n) is 3.80. The Bertz CT molecular complexity index is 1020. The van der Waals surface area contributed by atoms with Gasteiger partial charge in [-0.15, -0.1) is 0 Å². The molecule has 0 bridgehead atoms. The lowest BCUT2D eigenvalue weighted by atomic mass is 10.1. The number of hydrogen-bond donors (Lipinski definition) is 1. The molecule has 6 nitrogen and oxygen atoms in total. The summed E-state index contributed by atoms with van der Waals surface area (Å²) in [7, 11) is 0. The summed E-state index contributed by atoms with van der Waals surface area (Å²) >= 11 is 1.20. The number of Topliss-reactive ketones (excluding diaryl/α,β-unsaturated/α-hetero) is 1. The van der Waals surface area contributed by atoms with Crippen molar-refractivity contribution < 1.29 is 14.3 Å². The van der Waals surface area contributed by atoms with Gasteiger partial charge in [0.15, 0.2) is 22.4 Å². The number of para-hydroxylation sites is 1. The van der Waals surface area contributed by atoms with E-state index in [1.54, 1.807) is 36.4 Å². The van der Waals surface area contributed by atoms with Crippen LogP contribution in [0, 0.1) is 0 Å². The lowest BCUT2D eigenvalue weighted by Crippen LogP contribution is -2.16. The second kappa shape index (κ2) is 6.60. The van der Waals surface area contributed by atoms with Crippen molar-refractivity contribution >= 4 is 28.4 Å². The number of carbonyl (C=O) groups is 1. The monoisotopic (exact) mass is 354 g/mol. The second-order valence-corrected chi connectivity index (χ2v) is 6.42. The normalized spacial score (nSPS) is 13.0. The minimum Gasteiger partial charge on any atom is -0.486 e. The molecule has 126 valence electrons. The molecule has 1 aliphatic heterocycles. The molecule has 7 heteroatoms. The summed E-state index contributed by atoms with van der Waals surface area (Å²) in [6, 6.07) is 12.2. The topological polar surface area (TPSA) is 81.3 Å². The third kappa shape index (κ3) is 3.23. The van der Waals surface area contributed by atoms with Gasteiger partial charge in [-0.2, -0.15) is 0 Å². The van der Waals surface area contributed by atoms with Crippen LogP contribution in [0.1, 0.15) is 10.4 Å². The molecular formula is C18H14N2O4S. The summed E-state index contributed by atoms with van der Waals surface area (Å²) in [4.78, 5) is 31.6. The summed E-state index contributed by atoms with van der Waals surface area (Å²) in [6.07, 6.45) is 0. The van der Waals surface area contributed by atoms with Gasteiger partial charge in [0.1, 0.15) is 13.2 Å². The summed E-state index contributed by atoms with van der Waals surface area (Å²) in [5.74, 6) is 1.33. The Kier molecular flexibility index (Phi) is 4.15. The quantitative estimate of drug-likeness (QED) is 0.441. The molecule has 1 N–H and O–H groups in total. The molecule has 1 aromatic heterocycles. The van der Waals surface area contributed by atoms with E-state index in [9.17, 15) is 9.59 Å². The number of aromatic amines is 1. The van der Waals surface area contributed by atoms with Crippen molar-refractivity contribution in [1.29, 1.82) is 0 Å². The molecule has 0 saturated heterocycles. The zero-order valence-electron chi connectivity index (χ0n) is 13.2. The Hall–Kier alpha value is -2.80. The maximum Gasteiger partial charge on any atom is 0.259 e. The fourth-order valence-corrected chi connectivity index (χ4v) is 3.33. The molecule has 0 fully saturated rings. The van der Waals surface area contributed by atoms with E-state index in [1.807, 2.05) is 6.07 Å². The highest BCUT2D eigenvalue weighted by molar-refractivity contribution is 7.99. The molecule has 0 spiro atoms. The maximum absolute atomic E-state index is 12.4. The molecule has 0 unspecified atom stereocenters. The van der Waals surface area contributed by atoms with E-state index in [-0.39, 0.29) is 17.1 Å². The number of hydrogen-bond acceptors (Lipinski definition) is 6. The van der Waals surface area contributed by atoms with Crippen molar-refractivity contribution in [3.05, 3.63) is 58.4 Å². The molecular weight excluding hydrogens is 340 g/mol. The van der Waals surface area contributed by atoms with Crippen molar-refractivity contribution in [1.82, 2.24) is 9.97 Å². The third-order valence-corrected chi connectivity index (χ3v) is 4.67. The van der Waals surface area contributed by atoms with Crippen LogP contribution in [0.2, 0.25) is 0 Å². The number of rotatable bonds is 4. The highest BCUT2D eigenvalue weighted by Crippen LogP contribution is 2.31. The Morgan fingerprint density at radius 1 is 1.12 bits per heavy atom. The SMILES string of the molecule is O=C(CSc1nc2ccccc2c(=O)[nH]1)c1ccc2c(c1)OCCO2. The van der Waals surface area contributed by atoms with Crippen molar-refractivity contribution in [3.63, 3.8) is 0 Å². The summed E-state index contributed by atoms with van der Waals surface area (Å²) < 4.78 is 10.9. The number of fused-ring (bicyclic) bond motifs is 2. The van der Waals surface area contributed by atoms with Crippen LogP contribution in [0.3, 0.4) is 0 Å². The van der Waals surface area contributed by atoms with Gasteiger partial charge in [0.2, 0.25) is 0 Å². The summed E-state index contributed by atoms with van der Waals surface area (Å²) in [5, 5.41) is 0.958. The van der Waals surface area contributed by atoms with Gasteiger partial charge in [0.05, 0.1) is 16.7 Å². The number of nitrogens with one attached hydrogen (secondary N) is 1. The largest absolute Gasteiger partial charge is 0.486 e. The van der Waals surface area contributed by atoms with Crippen molar-refractivity contribution in [3.8, 4) is 11.5 Å². The lowest BCUT2D eigenvalue weighted by Gasteiger charge is -2.18. The van der Waals surface area contributed by atoms with Crippen LogP contribution in [0.4, 0.5) is 0 Å². The van der Waals surface area contributed by atoms with Crippen LogP contribution in [-0.2, 0) is 0 Å². The zero-order chi connectivity index (χ0) is 17.2. The molecule has 0 amide bonds. The Morgan fingerprint density at radius 2 is 1.92 bits per heavy atom. The zero-order valence-corrected chi connectivity index (χ0v) is 14.0. The molecule has 0 atom stereocenters. The lowest BCUT2D eigenvalue weighted by molar-refractivity contribution is 0.102. The van der Waals surface area contributed by atoms with Gasteiger partial charge in [0.25, 0.3) is 5.56 Å². The van der Waals surface area contributed by atoms with Crippen LogP contribution in [0.15, 0.2) is 52.4 Å². The van der Waals surface area contributed by atoms with E-state index in [4.69, 9.17) is 9.47 Å². The van der Waals surface area contributed by atoms with E-state index < -0.39 is 0 Å². The van der Waals surface area contributed by atoms with Gasteiger partial charge < -0.3 is 14.5 Å². The average Bonchev–Trinajstić information content (AvgIpc) is 2.66. The number of carbonyl (C=O) groups excluding carboxylic acids is 1. The fraction of sp³-hybridized carbons (Fsp3) is 0.167. The first-order chi connectivity index (χ1) is 12.2. The van der Waals surface area contributed by atoms with Crippen LogP contribution in [-0.4, -0.2) is 34.7 Å². The van der Waals surface area contributed by atoms with Crippen molar-refractivity contribution in [2.75, 3.05) is 19.0 Å². The van der Waals surface area contributed by atoms with Crippen molar-refractivity contribution in [2.45, 2.75) is 5.16 Å². The molecule has 0 saturated carbocycles. The van der Waals surface area contributed by atoms with E-state index in [0.717, 1.165) is 0 Å². The number of nitrogens with zero attached hydrogens (tertiary/aromatic N) is 1. The Balaban J connectivity index is 1.51. The first-order valence-corrected chi connectivity index (χ1v) is 8.74. The van der Waals surface area contributed by atoms with Gasteiger partial charge in [0, 0.05) is 5.56 Å². The van der Waals surface area contributed by atoms with E-state index >= 15 is 0 Å². The predicted molar refractivity (Wildman–Crippen MR) is 94.9 cm³/mol. The second-order valence-electron chi connectivity index (χ2n) is 5.46. The number of ketones is 1. The molecule has 0 aliphatic carbocycles. The first kappa shape index (κ1) is 15.7. The molecule has 4 rings (SSSR count).